The second kappa shape index (κ2) is 22.1. The van der Waals surface area contributed by atoms with E-state index >= 15 is 0 Å². The molecule has 0 unspecified atom stereocenters. The number of benzene rings is 1. The van der Waals surface area contributed by atoms with Gasteiger partial charge >= 0.3 is 24.4 Å². The smallest absolute Gasteiger partial charge is 0.410 e. The van der Waals surface area contributed by atoms with E-state index in [-0.39, 0.29) is 12.7 Å². The topological polar surface area (TPSA) is 148 Å². The molecule has 0 aromatic heterocycles. The summed E-state index contributed by atoms with van der Waals surface area (Å²) in [7, 11) is 0. The first kappa shape index (κ1) is 43.3. The maximum atomic E-state index is 13.0. The number of ether oxygens (including phenoxy) is 4. The number of hydrogen-bond donors (Lipinski definition) is 3. The Morgan fingerprint density at radius 1 is 0.551 bits per heavy atom. The van der Waals surface area contributed by atoms with Crippen LogP contribution in [0.1, 0.15) is 100.0 Å². The number of amides is 4. The minimum atomic E-state index is -0.642. The van der Waals surface area contributed by atoms with Crippen molar-refractivity contribution in [1.29, 1.82) is 0 Å². The number of alkyl carbamates (subject to hydrolysis) is 2. The molecule has 0 aliphatic rings. The van der Waals surface area contributed by atoms with Gasteiger partial charge in [0.2, 0.25) is 0 Å². The van der Waals surface area contributed by atoms with Crippen molar-refractivity contribution in [3.63, 3.8) is 0 Å². The predicted molar refractivity (Wildman–Crippen MR) is 190 cm³/mol. The molecule has 0 saturated carbocycles. The highest BCUT2D eigenvalue weighted by Gasteiger charge is 2.24. The van der Waals surface area contributed by atoms with Gasteiger partial charge in [-0.1, -0.05) is 30.3 Å². The van der Waals surface area contributed by atoms with Crippen LogP contribution in [-0.4, -0.2) is 103 Å². The molecule has 0 spiro atoms. The van der Waals surface area contributed by atoms with E-state index < -0.39 is 35.1 Å². The Morgan fingerprint density at radius 2 is 0.980 bits per heavy atom. The number of carbonyl (C=O) groups excluding carboxylic acids is 4. The van der Waals surface area contributed by atoms with Gasteiger partial charge in [0.25, 0.3) is 0 Å². The van der Waals surface area contributed by atoms with Crippen molar-refractivity contribution in [2.24, 2.45) is 0 Å². The summed E-state index contributed by atoms with van der Waals surface area (Å²) in [6.45, 7) is 20.7. The van der Waals surface area contributed by atoms with Crippen LogP contribution in [0, 0.1) is 0 Å². The lowest BCUT2D eigenvalue weighted by Gasteiger charge is -2.29. The molecule has 0 saturated heterocycles. The first-order chi connectivity index (χ1) is 22.8. The zero-order valence-electron chi connectivity index (χ0n) is 31.4. The Hall–Kier alpha value is -3.74. The van der Waals surface area contributed by atoms with Crippen molar-refractivity contribution >= 4 is 24.4 Å². The SMILES string of the molecule is CC(C)(C)OC(=O)NCCCN(CCCCN(CCCNCCCNC(=O)OCc1ccccc1)C(=O)OC(C)(C)C)C(=O)OC(C)(C)C. The summed E-state index contributed by atoms with van der Waals surface area (Å²) in [4.78, 5) is 53.1. The maximum absolute atomic E-state index is 13.0. The third-order valence-corrected chi connectivity index (χ3v) is 6.48. The lowest BCUT2D eigenvalue weighted by atomic mass is 10.2. The molecule has 0 radical (unpaired) electrons. The second-order valence-electron chi connectivity index (χ2n) is 14.9. The van der Waals surface area contributed by atoms with Gasteiger partial charge in [-0.3, -0.25) is 0 Å². The molecule has 13 nitrogen and oxygen atoms in total. The molecule has 1 rings (SSSR count). The third kappa shape index (κ3) is 24.1. The maximum Gasteiger partial charge on any atom is 0.410 e. The molecule has 13 heteroatoms. The van der Waals surface area contributed by atoms with Gasteiger partial charge in [-0.25, -0.2) is 19.2 Å². The fourth-order valence-corrected chi connectivity index (χ4v) is 4.32. The van der Waals surface area contributed by atoms with Crippen LogP contribution in [0.2, 0.25) is 0 Å². The molecule has 0 aliphatic carbocycles. The van der Waals surface area contributed by atoms with Crippen LogP contribution in [-0.2, 0) is 25.6 Å². The summed E-state index contributed by atoms with van der Waals surface area (Å²) >= 11 is 0. The highest BCUT2D eigenvalue weighted by Crippen LogP contribution is 2.14. The molecule has 0 bridgehead atoms. The lowest BCUT2D eigenvalue weighted by molar-refractivity contribution is 0.0207. The third-order valence-electron chi connectivity index (χ3n) is 6.48. The fraction of sp³-hybridized carbons (Fsp3) is 0.722. The minimum absolute atomic E-state index is 0.232. The molecule has 1 aromatic rings. The Kier molecular flexibility index (Phi) is 19.5. The van der Waals surface area contributed by atoms with Crippen molar-refractivity contribution in [1.82, 2.24) is 25.8 Å². The number of carbonyl (C=O) groups is 4. The molecule has 280 valence electrons. The van der Waals surface area contributed by atoms with Gasteiger partial charge in [0, 0.05) is 39.3 Å². The summed E-state index contributed by atoms with van der Waals surface area (Å²) < 4.78 is 21.8. The molecule has 0 fully saturated rings. The molecule has 3 N–H and O–H groups in total. The van der Waals surface area contributed by atoms with Gasteiger partial charge in [0.15, 0.2) is 0 Å². The van der Waals surface area contributed by atoms with Crippen molar-refractivity contribution in [2.75, 3.05) is 52.4 Å². The van der Waals surface area contributed by atoms with Crippen LogP contribution in [0.3, 0.4) is 0 Å². The first-order valence-electron chi connectivity index (χ1n) is 17.4. The molecule has 0 heterocycles. The zero-order valence-corrected chi connectivity index (χ0v) is 31.4. The van der Waals surface area contributed by atoms with Crippen LogP contribution < -0.4 is 16.0 Å². The largest absolute Gasteiger partial charge is 0.445 e. The van der Waals surface area contributed by atoms with E-state index in [9.17, 15) is 19.2 Å². The van der Waals surface area contributed by atoms with E-state index in [0.717, 1.165) is 18.4 Å². The van der Waals surface area contributed by atoms with E-state index in [1.165, 1.54) is 0 Å². The van der Waals surface area contributed by atoms with Gasteiger partial charge in [0.1, 0.15) is 23.4 Å². The summed E-state index contributed by atoms with van der Waals surface area (Å²) in [5, 5.41) is 8.83. The van der Waals surface area contributed by atoms with Crippen molar-refractivity contribution in [3.05, 3.63) is 35.9 Å². The summed E-state index contributed by atoms with van der Waals surface area (Å²) in [5.74, 6) is 0. The number of nitrogens with zero attached hydrogens (tertiary/aromatic N) is 2. The van der Waals surface area contributed by atoms with Crippen LogP contribution in [0.25, 0.3) is 0 Å². The molecule has 0 aliphatic heterocycles. The molecular formula is C36H63N5O8. The summed E-state index contributed by atoms with van der Waals surface area (Å²) in [6.07, 6.45) is 1.57. The minimum Gasteiger partial charge on any atom is -0.445 e. The van der Waals surface area contributed by atoms with Crippen LogP contribution in [0.5, 0.6) is 0 Å². The average molecular weight is 694 g/mol. The monoisotopic (exact) mass is 693 g/mol. The van der Waals surface area contributed by atoms with Gasteiger partial charge < -0.3 is 44.7 Å². The van der Waals surface area contributed by atoms with E-state index in [4.69, 9.17) is 18.9 Å². The Labute approximate surface area is 294 Å². The van der Waals surface area contributed by atoms with E-state index in [0.29, 0.717) is 71.6 Å². The van der Waals surface area contributed by atoms with Crippen molar-refractivity contribution in [2.45, 2.75) is 118 Å². The molecule has 1 aromatic carbocycles. The van der Waals surface area contributed by atoms with Crippen molar-refractivity contribution < 1.29 is 38.1 Å². The molecule has 4 amide bonds. The normalized spacial score (nSPS) is 11.7. The highest BCUT2D eigenvalue weighted by molar-refractivity contribution is 5.69. The average Bonchev–Trinajstić information content (AvgIpc) is 2.97. The van der Waals surface area contributed by atoms with Gasteiger partial charge in [0.05, 0.1) is 0 Å². The van der Waals surface area contributed by atoms with Gasteiger partial charge in [-0.15, -0.1) is 0 Å². The van der Waals surface area contributed by atoms with Crippen LogP contribution >= 0.6 is 0 Å². The predicted octanol–water partition coefficient (Wildman–Crippen LogP) is 6.45. The highest BCUT2D eigenvalue weighted by atomic mass is 16.6. The summed E-state index contributed by atoms with van der Waals surface area (Å²) in [6, 6.07) is 9.52. The molecule has 49 heavy (non-hydrogen) atoms. The quantitative estimate of drug-likeness (QED) is 0.110. The first-order valence-corrected chi connectivity index (χ1v) is 17.4. The standard InChI is InChI=1S/C36H63N5O8/c1-34(2,3)47-31(43)39-23-17-27-41(33(45)49-36(7,8)9)25-14-13-24-40(32(44)48-35(4,5)6)26-16-21-37-20-15-22-38-30(42)46-28-29-18-11-10-12-19-29/h10-12,18-19,37H,13-17,20-28H2,1-9H3,(H,38,42)(H,39,43). The number of unbranched alkanes of at least 4 members (excludes halogenated alkanes) is 1. The Balaban J connectivity index is 2.49. The summed E-state index contributed by atoms with van der Waals surface area (Å²) in [5.41, 5.74) is -0.917. The molecular weight excluding hydrogens is 630 g/mol. The number of rotatable bonds is 19. The van der Waals surface area contributed by atoms with E-state index in [1.54, 1.807) is 30.6 Å². The Bertz CT molecular complexity index is 1110. The fourth-order valence-electron chi connectivity index (χ4n) is 4.32. The van der Waals surface area contributed by atoms with Crippen LogP contribution in [0.4, 0.5) is 19.2 Å². The lowest BCUT2D eigenvalue weighted by Crippen LogP contribution is -2.40. The number of hydrogen-bond acceptors (Lipinski definition) is 9. The second-order valence-corrected chi connectivity index (χ2v) is 14.9. The van der Waals surface area contributed by atoms with E-state index in [2.05, 4.69) is 16.0 Å². The number of nitrogens with one attached hydrogen (secondary N) is 3. The zero-order chi connectivity index (χ0) is 36.9. The Morgan fingerprint density at radius 3 is 1.49 bits per heavy atom. The van der Waals surface area contributed by atoms with Gasteiger partial charge in [-0.05, 0) is 113 Å². The van der Waals surface area contributed by atoms with Crippen LogP contribution in [0.15, 0.2) is 30.3 Å². The van der Waals surface area contributed by atoms with Gasteiger partial charge in [-0.2, -0.15) is 0 Å². The van der Waals surface area contributed by atoms with Crippen molar-refractivity contribution in [3.8, 4) is 0 Å². The van der Waals surface area contributed by atoms with E-state index in [1.807, 2.05) is 71.9 Å². The molecule has 0 atom stereocenters.